The highest BCUT2D eigenvalue weighted by atomic mass is 16.5. The average molecular weight is 424 g/mol. The zero-order chi connectivity index (χ0) is 21.9. The molecule has 1 saturated carbocycles. The zero-order valence-electron chi connectivity index (χ0n) is 18.3. The van der Waals surface area contributed by atoms with Crippen molar-refractivity contribution < 1.29 is 14.3 Å². The first-order valence-corrected chi connectivity index (χ1v) is 11.3. The summed E-state index contributed by atoms with van der Waals surface area (Å²) in [6.45, 7) is 2.96. The van der Waals surface area contributed by atoms with Gasteiger partial charge >= 0.3 is 0 Å². The Labute approximate surface area is 184 Å². The molecule has 0 spiro atoms. The summed E-state index contributed by atoms with van der Waals surface area (Å²) in [5.41, 5.74) is 2.11. The van der Waals surface area contributed by atoms with Crippen molar-refractivity contribution in [3.8, 4) is 5.75 Å². The van der Waals surface area contributed by atoms with E-state index in [0.29, 0.717) is 17.9 Å². The molecule has 0 aliphatic heterocycles. The van der Waals surface area contributed by atoms with Gasteiger partial charge in [0.1, 0.15) is 5.75 Å². The summed E-state index contributed by atoms with van der Waals surface area (Å²) in [7, 11) is 0. The minimum Gasteiger partial charge on any atom is -0.494 e. The van der Waals surface area contributed by atoms with E-state index in [1.165, 1.54) is 19.3 Å². The maximum Gasteiger partial charge on any atom is 0.251 e. The van der Waals surface area contributed by atoms with Crippen LogP contribution in [0.5, 0.6) is 5.75 Å². The van der Waals surface area contributed by atoms with Crippen molar-refractivity contribution in [1.29, 1.82) is 0 Å². The topological polar surface area (TPSA) is 79.5 Å². The number of benzene rings is 2. The Morgan fingerprint density at radius 1 is 1.00 bits per heavy atom. The highest BCUT2D eigenvalue weighted by Gasteiger charge is 2.16. The van der Waals surface area contributed by atoms with Crippen molar-refractivity contribution in [3.05, 3.63) is 54.1 Å². The Hall–Kier alpha value is -3.02. The molecule has 1 aliphatic carbocycles. The number of hydrogen-bond acceptors (Lipinski definition) is 4. The van der Waals surface area contributed by atoms with Gasteiger partial charge in [0.2, 0.25) is 5.91 Å². The molecule has 0 bridgehead atoms. The van der Waals surface area contributed by atoms with Crippen LogP contribution < -0.4 is 20.7 Å². The Morgan fingerprint density at radius 2 is 1.77 bits per heavy atom. The molecule has 31 heavy (non-hydrogen) atoms. The molecule has 2 amide bonds. The first-order chi connectivity index (χ1) is 15.1. The number of amides is 2. The molecule has 6 heteroatoms. The lowest BCUT2D eigenvalue weighted by atomic mass is 9.95. The third-order valence-corrected chi connectivity index (χ3v) is 5.42. The molecule has 1 fully saturated rings. The Balaban J connectivity index is 1.44. The third kappa shape index (κ3) is 7.63. The molecule has 3 N–H and O–H groups in total. The van der Waals surface area contributed by atoms with Crippen molar-refractivity contribution in [2.75, 3.05) is 23.8 Å². The monoisotopic (exact) mass is 423 g/mol. The molecular weight excluding hydrogens is 390 g/mol. The number of rotatable bonds is 10. The summed E-state index contributed by atoms with van der Waals surface area (Å²) < 4.78 is 5.69. The van der Waals surface area contributed by atoms with Gasteiger partial charge < -0.3 is 20.7 Å². The molecular formula is C25H33N3O3. The van der Waals surface area contributed by atoms with Crippen molar-refractivity contribution in [1.82, 2.24) is 5.32 Å². The van der Waals surface area contributed by atoms with Gasteiger partial charge in [-0.1, -0.05) is 38.7 Å². The lowest BCUT2D eigenvalue weighted by Crippen LogP contribution is -2.36. The van der Waals surface area contributed by atoms with Gasteiger partial charge in [0.15, 0.2) is 0 Å². The number of hydrogen-bond donors (Lipinski definition) is 3. The van der Waals surface area contributed by atoms with E-state index in [1.54, 1.807) is 24.3 Å². The molecule has 0 atom stereocenters. The average Bonchev–Trinajstić information content (AvgIpc) is 2.79. The number of unbranched alkanes of at least 4 members (excludes halogenated alkanes) is 1. The van der Waals surface area contributed by atoms with Gasteiger partial charge in [0.25, 0.3) is 5.91 Å². The van der Waals surface area contributed by atoms with Gasteiger partial charge in [0, 0.05) is 29.0 Å². The van der Waals surface area contributed by atoms with Gasteiger partial charge in [-0.25, -0.2) is 0 Å². The Kier molecular flexibility index (Phi) is 8.76. The fraction of sp³-hybridized carbons (Fsp3) is 0.440. The number of anilines is 2. The van der Waals surface area contributed by atoms with Crippen LogP contribution in [0.15, 0.2) is 48.5 Å². The normalized spacial score (nSPS) is 14.0. The standard InChI is InChI=1S/C25H33N3O3/c1-2-3-16-31-23-11-7-10-22(17-23)26-18-24(29)27-21-14-12-19(13-15-21)25(30)28-20-8-5-4-6-9-20/h7,10-15,17,20,26H,2-6,8-9,16,18H2,1H3,(H,27,29)(H,28,30). The number of nitrogens with one attached hydrogen (secondary N) is 3. The second-order valence-corrected chi connectivity index (χ2v) is 8.02. The molecule has 6 nitrogen and oxygen atoms in total. The molecule has 0 radical (unpaired) electrons. The largest absolute Gasteiger partial charge is 0.494 e. The van der Waals surface area contributed by atoms with Crippen molar-refractivity contribution in [3.63, 3.8) is 0 Å². The van der Waals surface area contributed by atoms with Gasteiger partial charge in [-0.05, 0) is 55.7 Å². The summed E-state index contributed by atoms with van der Waals surface area (Å²) >= 11 is 0. The van der Waals surface area contributed by atoms with Crippen LogP contribution in [0.25, 0.3) is 0 Å². The Bertz CT molecular complexity index is 845. The van der Waals surface area contributed by atoms with E-state index in [-0.39, 0.29) is 24.4 Å². The maximum absolute atomic E-state index is 12.4. The van der Waals surface area contributed by atoms with Crippen LogP contribution in [-0.4, -0.2) is 31.0 Å². The van der Waals surface area contributed by atoms with Crippen LogP contribution in [0.2, 0.25) is 0 Å². The molecule has 3 rings (SSSR count). The second kappa shape index (κ2) is 12.0. The first kappa shape index (κ1) is 22.7. The van der Waals surface area contributed by atoms with E-state index in [2.05, 4.69) is 22.9 Å². The molecule has 0 aromatic heterocycles. The maximum atomic E-state index is 12.4. The molecule has 2 aromatic carbocycles. The van der Waals surface area contributed by atoms with Crippen molar-refractivity contribution >= 4 is 23.2 Å². The van der Waals surface area contributed by atoms with Gasteiger partial charge in [-0.15, -0.1) is 0 Å². The zero-order valence-corrected chi connectivity index (χ0v) is 18.3. The van der Waals surface area contributed by atoms with Gasteiger partial charge in [-0.2, -0.15) is 0 Å². The molecule has 0 unspecified atom stereocenters. The molecule has 1 aliphatic rings. The number of ether oxygens (including phenoxy) is 1. The van der Waals surface area contributed by atoms with E-state index >= 15 is 0 Å². The minimum atomic E-state index is -0.156. The predicted molar refractivity (Wildman–Crippen MR) is 125 cm³/mol. The van der Waals surface area contributed by atoms with Crippen LogP contribution in [0.1, 0.15) is 62.2 Å². The molecule has 166 valence electrons. The lowest BCUT2D eigenvalue weighted by Gasteiger charge is -2.22. The van der Waals surface area contributed by atoms with Gasteiger partial charge in [0.05, 0.1) is 13.2 Å². The summed E-state index contributed by atoms with van der Waals surface area (Å²) in [6.07, 6.45) is 7.83. The molecule has 0 heterocycles. The Morgan fingerprint density at radius 3 is 2.52 bits per heavy atom. The highest BCUT2D eigenvalue weighted by Crippen LogP contribution is 2.19. The fourth-order valence-corrected chi connectivity index (χ4v) is 3.64. The van der Waals surface area contributed by atoms with Crippen molar-refractivity contribution in [2.24, 2.45) is 0 Å². The second-order valence-electron chi connectivity index (χ2n) is 8.02. The van der Waals surface area contributed by atoms with Crippen LogP contribution in [0.4, 0.5) is 11.4 Å². The smallest absolute Gasteiger partial charge is 0.251 e. The molecule has 2 aromatic rings. The third-order valence-electron chi connectivity index (χ3n) is 5.42. The number of carbonyl (C=O) groups is 2. The highest BCUT2D eigenvalue weighted by molar-refractivity contribution is 5.96. The van der Waals surface area contributed by atoms with E-state index in [4.69, 9.17) is 4.74 Å². The fourth-order valence-electron chi connectivity index (χ4n) is 3.64. The van der Waals surface area contributed by atoms with Gasteiger partial charge in [-0.3, -0.25) is 9.59 Å². The van der Waals surface area contributed by atoms with E-state index < -0.39 is 0 Å². The summed E-state index contributed by atoms with van der Waals surface area (Å²) in [5.74, 6) is 0.588. The predicted octanol–water partition coefficient (Wildman–Crippen LogP) is 4.98. The quantitative estimate of drug-likeness (QED) is 0.471. The van der Waals surface area contributed by atoms with E-state index in [9.17, 15) is 9.59 Å². The van der Waals surface area contributed by atoms with E-state index in [0.717, 1.165) is 37.1 Å². The minimum absolute atomic E-state index is 0.0486. The summed E-state index contributed by atoms with van der Waals surface area (Å²) in [5, 5.41) is 9.07. The molecule has 0 saturated heterocycles. The van der Waals surface area contributed by atoms with Crippen molar-refractivity contribution in [2.45, 2.75) is 57.9 Å². The number of carbonyl (C=O) groups excluding carboxylic acids is 2. The lowest BCUT2D eigenvalue weighted by molar-refractivity contribution is -0.114. The van der Waals surface area contributed by atoms with Crippen LogP contribution in [-0.2, 0) is 4.79 Å². The van der Waals surface area contributed by atoms with E-state index in [1.807, 2.05) is 24.3 Å². The summed E-state index contributed by atoms with van der Waals surface area (Å²) in [4.78, 5) is 24.7. The van der Waals surface area contributed by atoms with Crippen LogP contribution >= 0.6 is 0 Å². The van der Waals surface area contributed by atoms with Crippen LogP contribution in [0.3, 0.4) is 0 Å². The van der Waals surface area contributed by atoms with Crippen LogP contribution in [0, 0.1) is 0 Å². The first-order valence-electron chi connectivity index (χ1n) is 11.3. The SMILES string of the molecule is CCCCOc1cccc(NCC(=O)Nc2ccc(C(=O)NC3CCCCC3)cc2)c1. The summed E-state index contributed by atoms with van der Waals surface area (Å²) in [6, 6.07) is 14.9.